The van der Waals surface area contributed by atoms with Gasteiger partial charge in [0.05, 0.1) is 17.6 Å². The largest absolute Gasteiger partial charge is 0.396 e. The van der Waals surface area contributed by atoms with Gasteiger partial charge < -0.3 is 10.6 Å². The molecule has 0 bridgehead atoms. The normalized spacial score (nSPS) is 10.1. The van der Waals surface area contributed by atoms with Crippen molar-refractivity contribution in [2.24, 2.45) is 0 Å². The number of H-pyrrole nitrogens is 1. The van der Waals surface area contributed by atoms with Gasteiger partial charge in [0, 0.05) is 19.3 Å². The summed E-state index contributed by atoms with van der Waals surface area (Å²) in [7, 11) is 1.57. The molecule has 2 heterocycles. The number of nitrogen functional groups attached to an aromatic ring is 1. The molecule has 2 rings (SSSR count). The maximum absolute atomic E-state index is 12.1. The highest BCUT2D eigenvalue weighted by atomic mass is 16.2. The number of hydrogen-bond acceptors (Lipinski definition) is 5. The number of amides is 1. The molecule has 0 spiro atoms. The minimum Gasteiger partial charge on any atom is -0.396 e. The fourth-order valence-corrected chi connectivity index (χ4v) is 1.45. The maximum atomic E-state index is 12.1. The second kappa shape index (κ2) is 4.66. The summed E-state index contributed by atoms with van der Waals surface area (Å²) < 4.78 is 0. The number of nitrogens with two attached hydrogens (primary N) is 1. The highest BCUT2D eigenvalue weighted by Gasteiger charge is 2.16. The molecule has 92 valence electrons. The fourth-order valence-electron chi connectivity index (χ4n) is 1.45. The first-order chi connectivity index (χ1) is 8.59. The third-order valence-electron chi connectivity index (χ3n) is 2.39. The predicted molar refractivity (Wildman–Crippen MR) is 66.2 cm³/mol. The molecule has 2 aromatic heterocycles. The molecule has 0 radical (unpaired) electrons. The van der Waals surface area contributed by atoms with Crippen molar-refractivity contribution in [2.45, 2.75) is 0 Å². The number of nitrogens with zero attached hydrogens (tertiary/aromatic N) is 3. The molecule has 0 aromatic carbocycles. The molecular formula is C11H11N5O2. The molecule has 0 fully saturated rings. The van der Waals surface area contributed by atoms with Crippen molar-refractivity contribution in [3.05, 3.63) is 46.6 Å². The molecule has 7 heteroatoms. The average Bonchev–Trinajstić information content (AvgIpc) is 2.38. The molecule has 7 nitrogen and oxygen atoms in total. The molecule has 0 aliphatic rings. The van der Waals surface area contributed by atoms with Gasteiger partial charge in [-0.25, -0.2) is 5.10 Å². The van der Waals surface area contributed by atoms with Crippen molar-refractivity contribution in [3.8, 4) is 0 Å². The van der Waals surface area contributed by atoms with Gasteiger partial charge in [0.1, 0.15) is 5.69 Å². The Morgan fingerprint density at radius 2 is 2.17 bits per heavy atom. The highest BCUT2D eigenvalue weighted by molar-refractivity contribution is 6.05. The van der Waals surface area contributed by atoms with Crippen LogP contribution in [0.1, 0.15) is 10.5 Å². The Balaban J connectivity index is 2.32. The Hall–Kier alpha value is -2.70. The van der Waals surface area contributed by atoms with Crippen LogP contribution in [-0.4, -0.2) is 28.1 Å². The lowest BCUT2D eigenvalue weighted by molar-refractivity contribution is 0.0987. The number of anilines is 2. The monoisotopic (exact) mass is 245 g/mol. The molecule has 0 aliphatic heterocycles. The van der Waals surface area contributed by atoms with Crippen molar-refractivity contribution in [1.82, 2.24) is 15.2 Å². The van der Waals surface area contributed by atoms with Crippen LogP contribution in [0, 0.1) is 0 Å². The Labute approximate surface area is 102 Å². The summed E-state index contributed by atoms with van der Waals surface area (Å²) in [5.41, 5.74) is 6.41. The van der Waals surface area contributed by atoms with Crippen LogP contribution < -0.4 is 16.2 Å². The summed E-state index contributed by atoms with van der Waals surface area (Å²) >= 11 is 0. The number of carbonyl (C=O) groups excluding carboxylic acids is 1. The van der Waals surface area contributed by atoms with Gasteiger partial charge in [0.15, 0.2) is 0 Å². The number of pyridine rings is 1. The smallest absolute Gasteiger partial charge is 0.278 e. The predicted octanol–water partition coefficient (Wildman–Crippen LogP) is 0.0237. The first-order valence-electron chi connectivity index (χ1n) is 5.13. The lowest BCUT2D eigenvalue weighted by Crippen LogP contribution is -2.28. The van der Waals surface area contributed by atoms with E-state index in [2.05, 4.69) is 15.2 Å². The number of aromatic nitrogens is 3. The Bertz CT molecular complexity index is 617. The second-order valence-electron chi connectivity index (χ2n) is 3.61. The number of nitrogens with one attached hydrogen (secondary N) is 1. The van der Waals surface area contributed by atoms with Crippen molar-refractivity contribution in [3.63, 3.8) is 0 Å². The molecule has 0 atom stereocenters. The lowest BCUT2D eigenvalue weighted by Gasteiger charge is -2.17. The maximum Gasteiger partial charge on any atom is 0.278 e. The van der Waals surface area contributed by atoms with Crippen LogP contribution in [0.5, 0.6) is 0 Å². The summed E-state index contributed by atoms with van der Waals surface area (Å²) in [6.45, 7) is 0. The van der Waals surface area contributed by atoms with Gasteiger partial charge in [-0.05, 0) is 12.1 Å². The van der Waals surface area contributed by atoms with E-state index in [1.54, 1.807) is 13.1 Å². The van der Waals surface area contributed by atoms with Gasteiger partial charge in [0.25, 0.3) is 11.5 Å². The van der Waals surface area contributed by atoms with E-state index in [1.165, 1.54) is 29.4 Å². The lowest BCUT2D eigenvalue weighted by atomic mass is 10.3. The van der Waals surface area contributed by atoms with E-state index >= 15 is 0 Å². The Kier molecular flexibility index (Phi) is 3.05. The molecule has 3 N–H and O–H groups in total. The second-order valence-corrected chi connectivity index (χ2v) is 3.61. The molecule has 0 aliphatic carbocycles. The topological polar surface area (TPSA) is 105 Å². The molecule has 2 aromatic rings. The van der Waals surface area contributed by atoms with Gasteiger partial charge in [-0.2, -0.15) is 5.10 Å². The van der Waals surface area contributed by atoms with Crippen LogP contribution in [0.15, 0.2) is 35.4 Å². The van der Waals surface area contributed by atoms with Crippen molar-refractivity contribution in [1.29, 1.82) is 0 Å². The van der Waals surface area contributed by atoms with Gasteiger partial charge in [-0.1, -0.05) is 0 Å². The van der Waals surface area contributed by atoms with E-state index < -0.39 is 0 Å². The summed E-state index contributed by atoms with van der Waals surface area (Å²) in [6, 6.07) is 4.22. The standard InChI is InChI=1S/C11H11N5O2/c1-16(9-4-5-13-6-7(9)12)11(18)8-2-3-10(17)15-14-8/h2-6H,12H2,1H3,(H,15,17). The first-order valence-corrected chi connectivity index (χ1v) is 5.13. The van der Waals surface area contributed by atoms with Crippen LogP contribution in [0.3, 0.4) is 0 Å². The summed E-state index contributed by atoms with van der Waals surface area (Å²) in [4.78, 5) is 28.1. The zero-order valence-corrected chi connectivity index (χ0v) is 9.62. The van der Waals surface area contributed by atoms with Gasteiger partial charge in [-0.3, -0.25) is 14.6 Å². The zero-order chi connectivity index (χ0) is 13.1. The summed E-state index contributed by atoms with van der Waals surface area (Å²) in [5.74, 6) is -0.371. The average molecular weight is 245 g/mol. The molecule has 0 saturated heterocycles. The van der Waals surface area contributed by atoms with Crippen LogP contribution >= 0.6 is 0 Å². The van der Waals surface area contributed by atoms with E-state index in [-0.39, 0.29) is 17.2 Å². The molecule has 0 saturated carbocycles. The van der Waals surface area contributed by atoms with Crippen molar-refractivity contribution in [2.75, 3.05) is 17.7 Å². The quantitative estimate of drug-likeness (QED) is 0.776. The minimum atomic E-state index is -0.371. The summed E-state index contributed by atoms with van der Waals surface area (Å²) in [6.07, 6.45) is 3.00. The minimum absolute atomic E-state index is 0.133. The Morgan fingerprint density at radius 1 is 1.39 bits per heavy atom. The third kappa shape index (κ3) is 2.19. The first kappa shape index (κ1) is 11.8. The van der Waals surface area contributed by atoms with Crippen molar-refractivity contribution >= 4 is 17.3 Å². The van der Waals surface area contributed by atoms with E-state index in [1.807, 2.05) is 0 Å². The SMILES string of the molecule is CN(C(=O)c1ccc(=O)[nH]n1)c1ccncc1N. The van der Waals surface area contributed by atoms with Gasteiger partial charge in [0.2, 0.25) is 0 Å². The number of rotatable bonds is 2. The number of aromatic amines is 1. The van der Waals surface area contributed by atoms with Crippen molar-refractivity contribution < 1.29 is 4.79 Å². The van der Waals surface area contributed by atoms with Crippen LogP contribution in [0.4, 0.5) is 11.4 Å². The molecular weight excluding hydrogens is 234 g/mol. The van der Waals surface area contributed by atoms with E-state index in [0.717, 1.165) is 0 Å². The third-order valence-corrected chi connectivity index (χ3v) is 2.39. The van der Waals surface area contributed by atoms with E-state index in [4.69, 9.17) is 5.73 Å². The molecule has 18 heavy (non-hydrogen) atoms. The molecule has 1 amide bonds. The molecule has 0 unspecified atom stereocenters. The number of carbonyl (C=O) groups is 1. The summed E-state index contributed by atoms with van der Waals surface area (Å²) in [5, 5.41) is 5.87. The zero-order valence-electron chi connectivity index (χ0n) is 9.62. The van der Waals surface area contributed by atoms with Crippen LogP contribution in [-0.2, 0) is 0 Å². The van der Waals surface area contributed by atoms with Gasteiger partial charge in [-0.15, -0.1) is 0 Å². The van der Waals surface area contributed by atoms with E-state index in [0.29, 0.717) is 11.4 Å². The number of hydrogen-bond donors (Lipinski definition) is 2. The van der Waals surface area contributed by atoms with Gasteiger partial charge >= 0.3 is 0 Å². The highest BCUT2D eigenvalue weighted by Crippen LogP contribution is 2.20. The van der Waals surface area contributed by atoms with E-state index in [9.17, 15) is 9.59 Å². The Morgan fingerprint density at radius 3 is 2.78 bits per heavy atom. The van der Waals surface area contributed by atoms with Crippen LogP contribution in [0.2, 0.25) is 0 Å². The van der Waals surface area contributed by atoms with Crippen LogP contribution in [0.25, 0.3) is 0 Å². The fraction of sp³-hybridized carbons (Fsp3) is 0.0909.